The van der Waals surface area contributed by atoms with Crippen molar-refractivity contribution in [3.8, 4) is 0 Å². The van der Waals surface area contributed by atoms with Crippen LogP contribution in [0.4, 0.5) is 39.5 Å². The Morgan fingerprint density at radius 2 is 1.31 bits per heavy atom. The van der Waals surface area contributed by atoms with Gasteiger partial charge in [-0.15, -0.1) is 0 Å². The van der Waals surface area contributed by atoms with Gasteiger partial charge in [0, 0.05) is 6.42 Å². The molecule has 0 radical (unpaired) electrons. The van der Waals surface area contributed by atoms with Crippen molar-refractivity contribution < 1.29 is 59.3 Å². The van der Waals surface area contributed by atoms with E-state index in [0.717, 1.165) is 6.92 Å². The molecule has 1 rings (SSSR count). The average Bonchev–Trinajstić information content (AvgIpc) is 2.75. The van der Waals surface area contributed by atoms with E-state index in [1.165, 1.54) is 0 Å². The topological polar surface area (TPSA) is 74.6 Å². The van der Waals surface area contributed by atoms with Crippen LogP contribution in [0.1, 0.15) is 26.2 Å². The molecule has 0 aromatic heterocycles. The van der Waals surface area contributed by atoms with E-state index < -0.39 is 72.4 Å². The molecule has 0 bridgehead atoms. The van der Waals surface area contributed by atoms with Crippen LogP contribution in [-0.4, -0.2) is 46.1 Å². The maximum Gasteiger partial charge on any atom is 0.460 e. The molecule has 0 aliphatic heterocycles. The van der Waals surface area contributed by atoms with Crippen LogP contribution in [-0.2, 0) is 9.59 Å². The van der Waals surface area contributed by atoms with Crippen LogP contribution in [0.15, 0.2) is 0 Å². The average molecular weight is 404 g/mol. The number of aliphatic carboxylic acids is 2. The van der Waals surface area contributed by atoms with Gasteiger partial charge in [0.25, 0.3) is 0 Å². The minimum Gasteiger partial charge on any atom is -0.480 e. The third-order valence-corrected chi connectivity index (χ3v) is 4.63. The van der Waals surface area contributed by atoms with Crippen LogP contribution in [0.25, 0.3) is 0 Å². The molecule has 0 amide bonds. The summed E-state index contributed by atoms with van der Waals surface area (Å²) in [4.78, 5) is 22.2. The van der Waals surface area contributed by atoms with Crippen LogP contribution in [0.5, 0.6) is 0 Å². The minimum absolute atomic E-state index is 0.764. The lowest BCUT2D eigenvalue weighted by molar-refractivity contribution is -0.398. The number of carbonyl (C=O) groups is 2. The van der Waals surface area contributed by atoms with E-state index in [1.807, 2.05) is 0 Å². The first-order chi connectivity index (χ1) is 11.3. The molecular formula is C13H13F9O4. The van der Waals surface area contributed by atoms with Crippen LogP contribution in [0, 0.1) is 17.3 Å². The van der Waals surface area contributed by atoms with Crippen molar-refractivity contribution in [1.82, 2.24) is 0 Å². The molecule has 26 heavy (non-hydrogen) atoms. The number of carboxylic acid groups (broad SMARTS) is 2. The van der Waals surface area contributed by atoms with Crippen molar-refractivity contribution in [1.29, 1.82) is 0 Å². The fourth-order valence-electron chi connectivity index (χ4n) is 3.03. The SMILES string of the molecule is C[C@H]1CC(C(=O)O)(C(=O)O)C[C@@H]1CC(F)(F)C(F)(F)C(F)(F)C(F)(F)F. The molecule has 0 aromatic rings. The number of carboxylic acids is 2. The largest absolute Gasteiger partial charge is 0.480 e. The summed E-state index contributed by atoms with van der Waals surface area (Å²) >= 11 is 0. The van der Waals surface area contributed by atoms with Crippen molar-refractivity contribution in [2.75, 3.05) is 0 Å². The van der Waals surface area contributed by atoms with Gasteiger partial charge in [-0.05, 0) is 24.7 Å². The summed E-state index contributed by atoms with van der Waals surface area (Å²) in [6, 6.07) is 0. The van der Waals surface area contributed by atoms with Gasteiger partial charge in [-0.25, -0.2) is 0 Å². The van der Waals surface area contributed by atoms with Gasteiger partial charge in [0.2, 0.25) is 0 Å². The Kier molecular flexibility index (Phi) is 5.32. The summed E-state index contributed by atoms with van der Waals surface area (Å²) in [5.41, 5.74) is -2.61. The Morgan fingerprint density at radius 1 is 0.885 bits per heavy atom. The molecule has 152 valence electrons. The van der Waals surface area contributed by atoms with Crippen molar-refractivity contribution in [3.05, 3.63) is 0 Å². The lowest BCUT2D eigenvalue weighted by Crippen LogP contribution is -2.61. The molecule has 0 spiro atoms. The van der Waals surface area contributed by atoms with Crippen molar-refractivity contribution in [3.63, 3.8) is 0 Å². The fraction of sp³-hybridized carbons (Fsp3) is 0.846. The lowest BCUT2D eigenvalue weighted by Gasteiger charge is -2.35. The summed E-state index contributed by atoms with van der Waals surface area (Å²) in [6.45, 7) is 1.02. The van der Waals surface area contributed by atoms with Crippen LogP contribution in [0.2, 0.25) is 0 Å². The van der Waals surface area contributed by atoms with Gasteiger partial charge in [-0.1, -0.05) is 6.92 Å². The van der Waals surface area contributed by atoms with E-state index in [0.29, 0.717) is 0 Å². The molecule has 0 saturated heterocycles. The first kappa shape index (κ1) is 22.4. The van der Waals surface area contributed by atoms with Gasteiger partial charge >= 0.3 is 35.9 Å². The fourth-order valence-corrected chi connectivity index (χ4v) is 3.03. The normalized spacial score (nSPS) is 24.5. The third kappa shape index (κ3) is 3.20. The monoisotopic (exact) mass is 404 g/mol. The molecule has 1 aliphatic rings. The van der Waals surface area contributed by atoms with E-state index in [-0.39, 0.29) is 0 Å². The van der Waals surface area contributed by atoms with Gasteiger partial charge in [-0.2, -0.15) is 39.5 Å². The quantitative estimate of drug-likeness (QED) is 0.518. The summed E-state index contributed by atoms with van der Waals surface area (Å²) in [5.74, 6) is -26.7. The summed E-state index contributed by atoms with van der Waals surface area (Å²) in [6.07, 6.45) is -11.1. The molecule has 0 heterocycles. The third-order valence-electron chi connectivity index (χ3n) is 4.63. The number of halogens is 9. The zero-order valence-corrected chi connectivity index (χ0v) is 12.9. The van der Waals surface area contributed by atoms with E-state index in [1.54, 1.807) is 0 Å². The predicted molar refractivity (Wildman–Crippen MR) is 65.1 cm³/mol. The molecule has 0 unspecified atom stereocenters. The highest BCUT2D eigenvalue weighted by atomic mass is 19.4. The molecular weight excluding hydrogens is 391 g/mol. The molecule has 2 atom stereocenters. The Hall–Kier alpha value is -1.69. The molecule has 13 heteroatoms. The zero-order chi connectivity index (χ0) is 20.9. The maximum absolute atomic E-state index is 13.7. The van der Waals surface area contributed by atoms with Crippen LogP contribution >= 0.6 is 0 Å². The Morgan fingerprint density at radius 3 is 1.62 bits per heavy atom. The molecule has 4 nitrogen and oxygen atoms in total. The van der Waals surface area contributed by atoms with Gasteiger partial charge in [0.05, 0.1) is 0 Å². The summed E-state index contributed by atoms with van der Waals surface area (Å²) < 4.78 is 116. The van der Waals surface area contributed by atoms with Crippen molar-refractivity contribution >= 4 is 11.9 Å². The van der Waals surface area contributed by atoms with Gasteiger partial charge < -0.3 is 10.2 Å². The first-order valence-electron chi connectivity index (χ1n) is 7.00. The van der Waals surface area contributed by atoms with Gasteiger partial charge in [0.1, 0.15) is 0 Å². The highest BCUT2D eigenvalue weighted by Gasteiger charge is 2.81. The van der Waals surface area contributed by atoms with E-state index in [4.69, 9.17) is 10.2 Å². The number of hydrogen-bond donors (Lipinski definition) is 2. The second-order valence-corrected chi connectivity index (χ2v) is 6.39. The molecule has 2 N–H and O–H groups in total. The lowest BCUT2D eigenvalue weighted by atomic mass is 9.84. The summed E-state index contributed by atoms with van der Waals surface area (Å²) in [5, 5.41) is 18.0. The number of alkyl halides is 9. The first-order valence-corrected chi connectivity index (χ1v) is 7.00. The summed E-state index contributed by atoms with van der Waals surface area (Å²) in [7, 11) is 0. The Labute approximate surface area is 140 Å². The van der Waals surface area contributed by atoms with Gasteiger partial charge in [-0.3, -0.25) is 9.59 Å². The van der Waals surface area contributed by atoms with Crippen LogP contribution in [0.3, 0.4) is 0 Å². The van der Waals surface area contributed by atoms with E-state index >= 15 is 0 Å². The second-order valence-electron chi connectivity index (χ2n) is 6.39. The maximum atomic E-state index is 13.7. The second kappa shape index (κ2) is 6.19. The predicted octanol–water partition coefficient (Wildman–Crippen LogP) is 4.05. The number of hydrogen-bond acceptors (Lipinski definition) is 2. The van der Waals surface area contributed by atoms with Gasteiger partial charge in [0.15, 0.2) is 5.41 Å². The van der Waals surface area contributed by atoms with Crippen molar-refractivity contribution in [2.45, 2.75) is 50.1 Å². The highest BCUT2D eigenvalue weighted by molar-refractivity contribution is 5.98. The van der Waals surface area contributed by atoms with E-state index in [9.17, 15) is 49.1 Å². The van der Waals surface area contributed by atoms with Crippen molar-refractivity contribution in [2.24, 2.45) is 17.3 Å². The molecule has 1 aliphatic carbocycles. The minimum atomic E-state index is -7.04. The Bertz CT molecular complexity index is 571. The zero-order valence-electron chi connectivity index (χ0n) is 12.9. The smallest absolute Gasteiger partial charge is 0.460 e. The molecule has 0 aromatic carbocycles. The Balaban J connectivity index is 3.18. The molecule has 1 saturated carbocycles. The standard InChI is InChI=1S/C13H13F9O4/c1-5-2-9(7(23)24,8(25)26)3-6(5)4-10(14,15)11(16,17)12(18,19)13(20,21)22/h5-6H,2-4H2,1H3,(H,23,24)(H,25,26)/t5-,6+/m0/s1. The van der Waals surface area contributed by atoms with E-state index in [2.05, 4.69) is 0 Å². The highest BCUT2D eigenvalue weighted by Crippen LogP contribution is 2.57. The molecule has 1 fully saturated rings. The number of rotatable bonds is 6. The van der Waals surface area contributed by atoms with Crippen LogP contribution < -0.4 is 0 Å².